The van der Waals surface area contributed by atoms with Gasteiger partial charge in [0.05, 0.1) is 11.1 Å². The van der Waals surface area contributed by atoms with Crippen molar-refractivity contribution in [3.63, 3.8) is 0 Å². The number of halogens is 1. The van der Waals surface area contributed by atoms with Crippen LogP contribution >= 0.6 is 0 Å². The molecule has 98 valence electrons. The Labute approximate surface area is 107 Å². The van der Waals surface area contributed by atoms with E-state index >= 15 is 0 Å². The van der Waals surface area contributed by atoms with Crippen LogP contribution in [0.1, 0.15) is 34.1 Å². The maximum absolute atomic E-state index is 13.1. The highest BCUT2D eigenvalue weighted by Crippen LogP contribution is 2.49. The summed E-state index contributed by atoms with van der Waals surface area (Å²) in [4.78, 5) is 40.3. The number of benzene rings is 1. The third kappa shape index (κ3) is 1.56. The van der Waals surface area contributed by atoms with Crippen LogP contribution in [0, 0.1) is 5.41 Å². The van der Waals surface area contributed by atoms with E-state index in [2.05, 4.69) is 0 Å². The Morgan fingerprint density at radius 1 is 1.32 bits per heavy atom. The lowest BCUT2D eigenvalue weighted by molar-refractivity contribution is -0.175. The van der Waals surface area contributed by atoms with Gasteiger partial charge in [0.2, 0.25) is 0 Å². The summed E-state index contributed by atoms with van der Waals surface area (Å²) in [5.74, 6) is -2.29. The zero-order valence-corrected chi connectivity index (χ0v) is 10.1. The second-order valence-electron chi connectivity index (χ2n) is 4.92. The Bertz CT molecular complexity index is 579. The van der Waals surface area contributed by atoms with Crippen LogP contribution in [0.4, 0.5) is 4.39 Å². The molecular weight excluding hydrogens is 253 g/mol. The molecule has 5 nitrogen and oxygen atoms in total. The minimum absolute atomic E-state index is 0.0506. The quantitative estimate of drug-likeness (QED) is 0.758. The number of carbonyl (C=O) groups excluding carboxylic acids is 3. The van der Waals surface area contributed by atoms with Gasteiger partial charge in [-0.2, -0.15) is 0 Å². The third-order valence-electron chi connectivity index (χ3n) is 3.53. The topological polar surface area (TPSA) is 63.7 Å². The lowest BCUT2D eigenvalue weighted by atomic mass is 10.1. The maximum Gasteiger partial charge on any atom is 0.342 e. The molecule has 0 N–H and O–H groups in total. The van der Waals surface area contributed by atoms with Crippen LogP contribution in [0.15, 0.2) is 24.3 Å². The molecule has 0 bridgehead atoms. The Balaban J connectivity index is 1.83. The molecule has 19 heavy (non-hydrogen) atoms. The number of hydrogen-bond donors (Lipinski definition) is 0. The fraction of sp³-hybridized carbons (Fsp3) is 0.308. The predicted octanol–water partition coefficient (Wildman–Crippen LogP) is 1.49. The molecule has 2 unspecified atom stereocenters. The number of fused-ring (bicyclic) bond motifs is 1. The van der Waals surface area contributed by atoms with E-state index < -0.39 is 29.4 Å². The minimum Gasteiger partial charge on any atom is -0.329 e. The lowest BCUT2D eigenvalue weighted by Crippen LogP contribution is -2.35. The maximum atomic E-state index is 13.1. The van der Waals surface area contributed by atoms with Gasteiger partial charge in [-0.05, 0) is 25.5 Å². The van der Waals surface area contributed by atoms with Crippen LogP contribution in [0.3, 0.4) is 0 Å². The number of amides is 2. The molecule has 1 aliphatic carbocycles. The summed E-state index contributed by atoms with van der Waals surface area (Å²) in [6.45, 7) is 1.40. The molecule has 1 aromatic rings. The normalized spacial score (nSPS) is 28.3. The highest BCUT2D eigenvalue weighted by Gasteiger charge is 2.60. The summed E-state index contributed by atoms with van der Waals surface area (Å²) < 4.78 is 13.1. The first kappa shape index (κ1) is 11.8. The molecule has 1 aromatic carbocycles. The molecule has 2 atom stereocenters. The van der Waals surface area contributed by atoms with Crippen LogP contribution in [0.5, 0.6) is 0 Å². The molecule has 1 saturated carbocycles. The molecule has 2 aliphatic rings. The van der Waals surface area contributed by atoms with Gasteiger partial charge in [0.15, 0.2) is 0 Å². The van der Waals surface area contributed by atoms with E-state index in [4.69, 9.17) is 4.84 Å². The fourth-order valence-electron chi connectivity index (χ4n) is 1.96. The van der Waals surface area contributed by atoms with Crippen molar-refractivity contribution in [3.8, 4) is 0 Å². The van der Waals surface area contributed by atoms with E-state index in [1.165, 1.54) is 19.1 Å². The number of rotatable bonds is 2. The Hall–Kier alpha value is -2.24. The van der Waals surface area contributed by atoms with Crippen LogP contribution in [0.2, 0.25) is 0 Å². The van der Waals surface area contributed by atoms with Gasteiger partial charge in [-0.15, -0.1) is 0 Å². The van der Waals surface area contributed by atoms with Crippen LogP contribution in [0.25, 0.3) is 0 Å². The standard InChI is InChI=1S/C13H10FNO4/c1-13(6-9(13)14)12(18)19-15-10(16)7-4-2-3-5-8(7)11(15)17/h2-5,9H,6H2,1H3. The first-order valence-electron chi connectivity index (χ1n) is 5.79. The Morgan fingerprint density at radius 2 is 1.79 bits per heavy atom. The van der Waals surface area contributed by atoms with Gasteiger partial charge in [0.1, 0.15) is 11.6 Å². The minimum atomic E-state index is -1.28. The van der Waals surface area contributed by atoms with Crippen molar-refractivity contribution in [3.05, 3.63) is 35.4 Å². The summed E-state index contributed by atoms with van der Waals surface area (Å²) in [5, 5.41) is 0.406. The first-order chi connectivity index (χ1) is 8.95. The summed E-state index contributed by atoms with van der Waals surface area (Å²) in [5.41, 5.74) is -0.883. The number of carbonyl (C=O) groups is 3. The smallest absolute Gasteiger partial charge is 0.329 e. The van der Waals surface area contributed by atoms with Crippen molar-refractivity contribution < 1.29 is 23.6 Å². The highest BCUT2D eigenvalue weighted by molar-refractivity contribution is 6.20. The van der Waals surface area contributed by atoms with Crippen LogP contribution < -0.4 is 0 Å². The summed E-state index contributed by atoms with van der Waals surface area (Å²) in [6, 6.07) is 6.16. The van der Waals surface area contributed by atoms with Crippen molar-refractivity contribution in [1.29, 1.82) is 0 Å². The number of nitrogens with zero attached hydrogens (tertiary/aromatic N) is 1. The lowest BCUT2D eigenvalue weighted by Gasteiger charge is -2.15. The second kappa shape index (κ2) is 3.63. The van der Waals surface area contributed by atoms with Crippen molar-refractivity contribution >= 4 is 17.8 Å². The number of imide groups is 1. The molecule has 3 rings (SSSR count). The molecular formula is C13H10FNO4. The number of hydrogen-bond acceptors (Lipinski definition) is 4. The van der Waals surface area contributed by atoms with E-state index in [-0.39, 0.29) is 17.5 Å². The van der Waals surface area contributed by atoms with Crippen molar-refractivity contribution in [2.45, 2.75) is 19.5 Å². The average molecular weight is 263 g/mol. The third-order valence-corrected chi connectivity index (χ3v) is 3.53. The Kier molecular flexibility index (Phi) is 2.26. The molecule has 6 heteroatoms. The van der Waals surface area contributed by atoms with E-state index in [1.807, 2.05) is 0 Å². The molecule has 2 amide bonds. The van der Waals surface area contributed by atoms with E-state index in [0.717, 1.165) is 0 Å². The zero-order valence-electron chi connectivity index (χ0n) is 10.1. The largest absolute Gasteiger partial charge is 0.342 e. The van der Waals surface area contributed by atoms with Crippen molar-refractivity contribution in [1.82, 2.24) is 5.06 Å². The molecule has 0 saturated heterocycles. The molecule has 0 aromatic heterocycles. The SMILES string of the molecule is CC1(C(=O)ON2C(=O)c3ccccc3C2=O)CC1F. The average Bonchev–Trinajstić information content (AvgIpc) is 2.96. The highest BCUT2D eigenvalue weighted by atomic mass is 19.1. The second-order valence-corrected chi connectivity index (χ2v) is 4.92. The molecule has 1 heterocycles. The molecule has 0 radical (unpaired) electrons. The number of alkyl halides is 1. The zero-order chi connectivity index (χ0) is 13.8. The van der Waals surface area contributed by atoms with E-state index in [9.17, 15) is 18.8 Å². The summed E-state index contributed by atoms with van der Waals surface area (Å²) in [6.07, 6.45) is -1.23. The predicted molar refractivity (Wildman–Crippen MR) is 60.7 cm³/mol. The first-order valence-corrected chi connectivity index (χ1v) is 5.79. The van der Waals surface area contributed by atoms with Crippen LogP contribution in [-0.2, 0) is 9.63 Å². The summed E-state index contributed by atoms with van der Waals surface area (Å²) >= 11 is 0. The number of hydroxylamine groups is 2. The van der Waals surface area contributed by atoms with Gasteiger partial charge < -0.3 is 4.84 Å². The fourth-order valence-corrected chi connectivity index (χ4v) is 1.96. The van der Waals surface area contributed by atoms with E-state index in [1.54, 1.807) is 12.1 Å². The van der Waals surface area contributed by atoms with Gasteiger partial charge in [-0.1, -0.05) is 17.2 Å². The van der Waals surface area contributed by atoms with E-state index in [0.29, 0.717) is 5.06 Å². The molecule has 1 fully saturated rings. The van der Waals surface area contributed by atoms with Gasteiger partial charge in [-0.3, -0.25) is 9.59 Å². The van der Waals surface area contributed by atoms with Gasteiger partial charge in [-0.25, -0.2) is 9.18 Å². The van der Waals surface area contributed by atoms with Gasteiger partial charge in [0, 0.05) is 0 Å². The Morgan fingerprint density at radius 3 is 2.21 bits per heavy atom. The van der Waals surface area contributed by atoms with Crippen LogP contribution in [-0.4, -0.2) is 29.0 Å². The van der Waals surface area contributed by atoms with Gasteiger partial charge in [0.25, 0.3) is 11.8 Å². The summed E-state index contributed by atoms with van der Waals surface area (Å²) in [7, 11) is 0. The molecule has 0 spiro atoms. The molecule has 1 aliphatic heterocycles. The monoisotopic (exact) mass is 263 g/mol. The van der Waals surface area contributed by atoms with Crippen molar-refractivity contribution in [2.75, 3.05) is 0 Å². The van der Waals surface area contributed by atoms with Gasteiger partial charge >= 0.3 is 5.97 Å². The van der Waals surface area contributed by atoms with Crippen molar-refractivity contribution in [2.24, 2.45) is 5.41 Å².